The summed E-state index contributed by atoms with van der Waals surface area (Å²) in [6.07, 6.45) is 6.66. The lowest BCUT2D eigenvalue weighted by molar-refractivity contribution is 0.196. The van der Waals surface area contributed by atoms with Gasteiger partial charge in [0.05, 0.1) is 11.9 Å². The van der Waals surface area contributed by atoms with Crippen LogP contribution >= 0.6 is 0 Å². The number of sulfonamides is 1. The Balaban J connectivity index is 1.34. The molecular formula is C20H20BN3O4S. The number of nitrogens with zero attached hydrogens (tertiary/aromatic N) is 2. The standard InChI is InChI=1S/C20H20BN3O4S/c25-24-11-17(19-16-6-7-21-28-18(16)10-22-20(19)24)14-8-15(9-14)23-29(26,27)12-13-4-2-1-3-5-13/h1-7,10-11,14-15,21,23,25H,8-9,12H2/t14-,15+. The number of rotatable bonds is 5. The third-order valence-electron chi connectivity index (χ3n) is 5.57. The summed E-state index contributed by atoms with van der Waals surface area (Å²) in [6, 6.07) is 9.05. The average Bonchev–Trinajstić information content (AvgIpc) is 3.01. The number of nitrogens with one attached hydrogen (secondary N) is 1. The maximum atomic E-state index is 12.5. The van der Waals surface area contributed by atoms with E-state index in [4.69, 9.17) is 4.65 Å². The van der Waals surface area contributed by atoms with Crippen molar-refractivity contribution in [2.75, 3.05) is 0 Å². The lowest BCUT2D eigenvalue weighted by atomic mass is 9.76. The van der Waals surface area contributed by atoms with Gasteiger partial charge in [-0.25, -0.2) is 18.1 Å². The van der Waals surface area contributed by atoms with Crippen molar-refractivity contribution in [1.29, 1.82) is 0 Å². The first-order valence-corrected chi connectivity index (χ1v) is 11.2. The molecule has 2 aliphatic rings. The van der Waals surface area contributed by atoms with Crippen LogP contribution in [-0.4, -0.2) is 36.9 Å². The fraction of sp³-hybridized carbons (Fsp3) is 0.250. The predicted octanol–water partition coefficient (Wildman–Crippen LogP) is 2.35. The van der Waals surface area contributed by atoms with Gasteiger partial charge in [0.2, 0.25) is 10.0 Å². The van der Waals surface area contributed by atoms with Crippen molar-refractivity contribution >= 4 is 34.6 Å². The van der Waals surface area contributed by atoms with E-state index in [9.17, 15) is 13.6 Å². The largest absolute Gasteiger partial charge is 0.558 e. The zero-order valence-corrected chi connectivity index (χ0v) is 16.5. The Kier molecular flexibility index (Phi) is 4.36. The number of benzene rings is 1. The zero-order valence-electron chi connectivity index (χ0n) is 15.7. The van der Waals surface area contributed by atoms with Gasteiger partial charge < -0.3 is 9.86 Å². The monoisotopic (exact) mass is 409 g/mol. The second-order valence-electron chi connectivity index (χ2n) is 7.60. The Morgan fingerprint density at radius 2 is 2.07 bits per heavy atom. The van der Waals surface area contributed by atoms with Crippen LogP contribution in [0.2, 0.25) is 0 Å². The van der Waals surface area contributed by atoms with Gasteiger partial charge in [-0.15, -0.1) is 0 Å². The molecule has 9 heteroatoms. The number of aromatic nitrogens is 2. The fourth-order valence-electron chi connectivity index (χ4n) is 4.16. The van der Waals surface area contributed by atoms with Gasteiger partial charge in [-0.1, -0.05) is 42.4 Å². The van der Waals surface area contributed by atoms with E-state index in [1.54, 1.807) is 12.4 Å². The molecule has 0 unspecified atom stereocenters. The van der Waals surface area contributed by atoms with Gasteiger partial charge in [-0.05, 0) is 29.9 Å². The Labute approximate surface area is 169 Å². The maximum Gasteiger partial charge on any atom is 0.366 e. The van der Waals surface area contributed by atoms with Crippen molar-refractivity contribution in [3.8, 4) is 5.75 Å². The summed E-state index contributed by atoms with van der Waals surface area (Å²) in [7, 11) is -2.90. The Morgan fingerprint density at radius 3 is 2.86 bits per heavy atom. The minimum atomic E-state index is -3.40. The Hall–Kier alpha value is -2.78. The molecule has 1 aliphatic carbocycles. The molecule has 7 nitrogen and oxygen atoms in total. The van der Waals surface area contributed by atoms with E-state index >= 15 is 0 Å². The number of fused-ring (bicyclic) bond motifs is 3. The van der Waals surface area contributed by atoms with E-state index in [0.717, 1.165) is 26.8 Å². The van der Waals surface area contributed by atoms with E-state index in [2.05, 4.69) is 9.71 Å². The van der Waals surface area contributed by atoms with Crippen LogP contribution in [0.4, 0.5) is 0 Å². The number of hydrogen-bond acceptors (Lipinski definition) is 5. The summed E-state index contributed by atoms with van der Waals surface area (Å²) in [6.45, 7) is 0. The zero-order chi connectivity index (χ0) is 20.0. The molecule has 2 N–H and O–H groups in total. The van der Waals surface area contributed by atoms with E-state index in [1.165, 1.54) is 0 Å². The summed E-state index contributed by atoms with van der Waals surface area (Å²) in [5.74, 6) is 2.76. The first-order chi connectivity index (χ1) is 14.0. The molecule has 0 bridgehead atoms. The van der Waals surface area contributed by atoms with Crippen molar-refractivity contribution < 1.29 is 18.3 Å². The molecule has 2 aromatic heterocycles. The molecule has 0 saturated heterocycles. The van der Waals surface area contributed by atoms with Crippen molar-refractivity contribution in [1.82, 2.24) is 14.4 Å². The lowest BCUT2D eigenvalue weighted by Gasteiger charge is -2.35. The van der Waals surface area contributed by atoms with E-state index < -0.39 is 10.0 Å². The summed E-state index contributed by atoms with van der Waals surface area (Å²) in [5, 5.41) is 11.1. The molecule has 3 aromatic rings. The van der Waals surface area contributed by atoms with Crippen molar-refractivity contribution in [3.63, 3.8) is 0 Å². The van der Waals surface area contributed by atoms with Gasteiger partial charge in [0.15, 0.2) is 5.65 Å². The highest BCUT2D eigenvalue weighted by Gasteiger charge is 2.36. The predicted molar refractivity (Wildman–Crippen MR) is 112 cm³/mol. The average molecular weight is 409 g/mol. The molecular weight excluding hydrogens is 389 g/mol. The van der Waals surface area contributed by atoms with Crippen LogP contribution in [0, 0.1) is 0 Å². The molecule has 148 valence electrons. The number of hydrogen-bond donors (Lipinski definition) is 2. The third-order valence-corrected chi connectivity index (χ3v) is 6.98. The van der Waals surface area contributed by atoms with Crippen molar-refractivity contribution in [3.05, 3.63) is 65.4 Å². The highest BCUT2D eigenvalue weighted by molar-refractivity contribution is 7.88. The molecule has 29 heavy (non-hydrogen) atoms. The highest BCUT2D eigenvalue weighted by atomic mass is 32.2. The maximum absolute atomic E-state index is 12.5. The molecule has 0 spiro atoms. The second kappa shape index (κ2) is 6.93. The van der Waals surface area contributed by atoms with E-state index in [1.807, 2.05) is 42.4 Å². The molecule has 1 fully saturated rings. The minimum absolute atomic E-state index is 0.0233. The number of pyridine rings is 1. The van der Waals surface area contributed by atoms with Gasteiger partial charge in [0, 0.05) is 23.2 Å². The molecule has 1 aliphatic heterocycles. The Morgan fingerprint density at radius 1 is 1.28 bits per heavy atom. The van der Waals surface area contributed by atoms with Gasteiger partial charge in [-0.3, -0.25) is 0 Å². The first kappa shape index (κ1) is 18.3. The van der Waals surface area contributed by atoms with E-state index in [-0.39, 0.29) is 17.7 Å². The third kappa shape index (κ3) is 3.40. The van der Waals surface area contributed by atoms with Gasteiger partial charge >= 0.3 is 7.48 Å². The second-order valence-corrected chi connectivity index (χ2v) is 9.36. The van der Waals surface area contributed by atoms with Crippen molar-refractivity contribution in [2.24, 2.45) is 0 Å². The molecule has 0 amide bonds. The summed E-state index contributed by atoms with van der Waals surface area (Å²) in [4.78, 5) is 4.32. The lowest BCUT2D eigenvalue weighted by Crippen LogP contribution is -2.43. The Bertz CT molecular complexity index is 1200. The highest BCUT2D eigenvalue weighted by Crippen LogP contribution is 2.43. The fourth-order valence-corrected chi connectivity index (χ4v) is 5.58. The van der Waals surface area contributed by atoms with Gasteiger partial charge in [0.25, 0.3) is 0 Å². The molecule has 0 radical (unpaired) electrons. The summed E-state index contributed by atoms with van der Waals surface area (Å²) in [5.41, 5.74) is 3.14. The van der Waals surface area contributed by atoms with Crippen LogP contribution in [0.15, 0.2) is 48.7 Å². The molecule has 1 saturated carbocycles. The molecule has 5 rings (SSSR count). The van der Waals surface area contributed by atoms with Gasteiger partial charge in [-0.2, -0.15) is 4.73 Å². The topological polar surface area (TPSA) is 93.5 Å². The van der Waals surface area contributed by atoms with Crippen LogP contribution in [-0.2, 0) is 15.8 Å². The van der Waals surface area contributed by atoms with Crippen LogP contribution in [0.3, 0.4) is 0 Å². The smallest absolute Gasteiger partial charge is 0.366 e. The minimum Gasteiger partial charge on any atom is -0.558 e. The normalized spacial score (nSPS) is 20.6. The molecule has 3 heterocycles. The van der Waals surface area contributed by atoms with Gasteiger partial charge in [0.1, 0.15) is 5.75 Å². The molecule has 1 aromatic carbocycles. The van der Waals surface area contributed by atoms with Crippen LogP contribution < -0.4 is 9.38 Å². The first-order valence-electron chi connectivity index (χ1n) is 9.56. The van der Waals surface area contributed by atoms with E-state index in [0.29, 0.717) is 31.7 Å². The SMILES string of the molecule is O=S(=O)(Cc1ccccc1)N[C@H]1C[C@@H](c2cn(O)c3ncc4c(c32)C=CBO4)C1. The van der Waals surface area contributed by atoms with Crippen molar-refractivity contribution in [2.45, 2.75) is 30.6 Å². The van der Waals surface area contributed by atoms with Crippen LogP contribution in [0.25, 0.3) is 17.1 Å². The summed E-state index contributed by atoms with van der Waals surface area (Å²) >= 11 is 0. The van der Waals surface area contributed by atoms with Crippen LogP contribution in [0.5, 0.6) is 5.75 Å². The quantitative estimate of drug-likeness (QED) is 0.499. The summed E-state index contributed by atoms with van der Waals surface area (Å²) < 4.78 is 34.4. The van der Waals surface area contributed by atoms with Crippen LogP contribution in [0.1, 0.15) is 35.4 Å². The molecule has 0 atom stereocenters.